The molecule has 6 aromatic heterocycles. The van der Waals surface area contributed by atoms with Crippen LogP contribution in [0.5, 0.6) is 0 Å². The van der Waals surface area contributed by atoms with Gasteiger partial charge < -0.3 is 50.4 Å². The zero-order valence-corrected chi connectivity index (χ0v) is 60.6. The van der Waals surface area contributed by atoms with E-state index in [9.17, 15) is 45.3 Å². The second-order valence-electron chi connectivity index (χ2n) is 27.8. The monoisotopic (exact) mass is 1470 g/mol. The number of fused-ring (bicyclic) bond motifs is 12. The summed E-state index contributed by atoms with van der Waals surface area (Å²) >= 11 is 0. The number of pyridine rings is 4. The molecular formula is C66H91B4N17O11S4. The number of nitrogens with one attached hydrogen (secondary N) is 8. The number of hydrogen-bond donors (Lipinski definition) is 12. The number of hydrogen-bond acceptors (Lipinski definition) is 22. The third-order valence-corrected chi connectivity index (χ3v) is 27.0. The molecule has 2 atom stereocenters. The molecule has 0 spiro atoms. The van der Waals surface area contributed by atoms with Crippen LogP contribution in [0.1, 0.15) is 157 Å². The van der Waals surface area contributed by atoms with Crippen molar-refractivity contribution in [3.05, 3.63) is 106 Å². The lowest BCUT2D eigenvalue weighted by Crippen LogP contribution is -2.54. The summed E-state index contributed by atoms with van der Waals surface area (Å²) in [4.78, 5) is 25.3. The Kier molecular flexibility index (Phi) is 22.4. The number of hydrazone groups is 3. The molecule has 542 valence electrons. The van der Waals surface area contributed by atoms with Crippen molar-refractivity contribution in [2.75, 3.05) is 30.1 Å². The molecule has 0 bridgehead atoms. The van der Waals surface area contributed by atoms with E-state index in [0.717, 1.165) is 183 Å². The van der Waals surface area contributed by atoms with Crippen LogP contribution < -0.4 is 51.4 Å². The Morgan fingerprint density at radius 3 is 1.40 bits per heavy atom. The van der Waals surface area contributed by atoms with Crippen LogP contribution in [0.2, 0.25) is 0 Å². The molecule has 0 radical (unpaired) electrons. The Bertz CT molecular complexity index is 4670. The van der Waals surface area contributed by atoms with Crippen molar-refractivity contribution in [1.29, 1.82) is 0 Å². The lowest BCUT2D eigenvalue weighted by molar-refractivity contribution is 0.267. The van der Waals surface area contributed by atoms with Gasteiger partial charge in [0.15, 0.2) is 0 Å². The number of oxime groups is 1. The minimum atomic E-state index is -3.20. The second-order valence-corrected chi connectivity index (χ2v) is 36.1. The quantitative estimate of drug-likeness (QED) is 0.0372. The van der Waals surface area contributed by atoms with Crippen LogP contribution >= 0.6 is 0 Å². The number of rotatable bonds is 20. The molecule has 0 saturated heterocycles. The van der Waals surface area contributed by atoms with Gasteiger partial charge in [-0.05, 0) is 101 Å². The first-order valence-electron chi connectivity index (χ1n) is 34.8. The van der Waals surface area contributed by atoms with Crippen LogP contribution in [0.3, 0.4) is 0 Å². The fourth-order valence-corrected chi connectivity index (χ4v) is 20.9. The summed E-state index contributed by atoms with van der Waals surface area (Å²) in [5.41, 5.74) is 16.0. The van der Waals surface area contributed by atoms with Gasteiger partial charge in [-0.1, -0.05) is 59.4 Å². The predicted octanol–water partition coefficient (Wildman–Crippen LogP) is 0.847. The van der Waals surface area contributed by atoms with Crippen molar-refractivity contribution in [2.45, 2.75) is 149 Å². The van der Waals surface area contributed by atoms with Gasteiger partial charge in [-0.15, -0.1) is 5.16 Å². The molecule has 10 aliphatic rings. The number of allylic oxidation sites excluding steroid dienone is 2. The molecule has 4 aliphatic heterocycles. The highest BCUT2D eigenvalue weighted by molar-refractivity contribution is 7.98. The Labute approximate surface area is 598 Å². The van der Waals surface area contributed by atoms with Gasteiger partial charge in [0.1, 0.15) is 11.3 Å². The maximum absolute atomic E-state index is 12.3. The lowest BCUT2D eigenvalue weighted by Gasteiger charge is -2.39. The zero-order valence-electron chi connectivity index (χ0n) is 57.3. The lowest BCUT2D eigenvalue weighted by atomic mass is 9.65. The largest absolute Gasteiger partial charge is 0.585 e. The van der Waals surface area contributed by atoms with E-state index in [2.05, 4.69) is 110 Å². The van der Waals surface area contributed by atoms with Crippen molar-refractivity contribution < 1.29 is 50.1 Å². The van der Waals surface area contributed by atoms with E-state index < -0.39 is 67.7 Å². The number of aromatic amines is 2. The average molecular weight is 1470 g/mol. The van der Waals surface area contributed by atoms with Gasteiger partial charge in [0.2, 0.25) is 20.0 Å². The summed E-state index contributed by atoms with van der Waals surface area (Å²) in [6, 6.07) is 4.20. The van der Waals surface area contributed by atoms with E-state index in [1.807, 2.05) is 58.3 Å². The molecule has 2 unspecified atom stereocenters. The van der Waals surface area contributed by atoms with Crippen LogP contribution in [0, 0.1) is 23.7 Å². The molecule has 16 rings (SSSR count). The maximum Gasteiger partial charge on any atom is 0.585 e. The summed E-state index contributed by atoms with van der Waals surface area (Å²) < 4.78 is 89.5. The number of H-pyrrole nitrogens is 2. The molecule has 102 heavy (non-hydrogen) atoms. The molecule has 6 aromatic rings. The van der Waals surface area contributed by atoms with Crippen molar-refractivity contribution in [1.82, 2.24) is 64.4 Å². The molecule has 4 fully saturated rings. The number of aromatic nitrogens is 6. The van der Waals surface area contributed by atoms with Gasteiger partial charge in [-0.3, -0.25) is 18.4 Å². The van der Waals surface area contributed by atoms with Gasteiger partial charge >= 0.3 is 28.3 Å². The molecule has 0 aromatic carbocycles. The van der Waals surface area contributed by atoms with Crippen LogP contribution in [-0.4, -0.2) is 197 Å². The highest BCUT2D eigenvalue weighted by atomic mass is 32.2. The third kappa shape index (κ3) is 15.7. The minimum absolute atomic E-state index is 0. The second kappa shape index (κ2) is 30.6. The topological polar surface area (TPSA) is 401 Å². The molecule has 6 aliphatic carbocycles. The summed E-state index contributed by atoms with van der Waals surface area (Å²) in [6.07, 6.45) is 29.5. The van der Waals surface area contributed by atoms with Gasteiger partial charge in [0, 0.05) is 202 Å². The standard InChI is InChI=1S/C17H23BN4O3S.C16H22BN5O2S.2C16H21BN4O3S.CH4/c1-3-7-26(24,25)21-12-8-11(9-12)17-16-13-5-4-6-15(13)19-10-14(16)18(23)22(2)20-17;1-3-6-25(2,24)21-11-7-10(8-11)15-14-12-4-5-18-16(12)19-9-13(14)17(23)22-20-15;1-3-6-25(2,23)21-11-7-10(8-11)15-14-12-4-5-18-16(12)19-9-13(14)17(22)24-20-15;1-2-6-25(23,24)20-11-7-10(8-11)16-15-12-4-3-5-14(12)18-9-13(15)17(22)21-19-16;/h4-5,10-12,21,23H,3,6-9H2,1-2H3;4-5,9-11,22-23H,2-3,6-8H2,1H3,(H,18,19)(H,21,24);4-5,9-11,22H,2-3,6-8H2,1H3,(H,18,19)(H,21,23);3-4,9-11,20-22H,2,5-8H2,1H3;1H4. The van der Waals surface area contributed by atoms with E-state index >= 15 is 0 Å². The SMILES string of the molecule is C.C=S(=O)(CCC)NC1CC(C2=NNB(O)c3cnc4[nH]ccc4c32)C1.C=S(=O)(CCC)NC1CC(C2=NOB(O)c3cnc4[nH]ccc4c32)C1.CCCS(=O)(=O)NC1CC(C2=NN(C)B(O)c3cnc4c(c32)C=CC4)C1.CCCS(=O)(=O)NC1CC(C2=NNB(O)c3cnc4c(c32)C=CC4)C1. The Morgan fingerprint density at radius 1 is 0.529 bits per heavy atom. The van der Waals surface area contributed by atoms with Crippen LogP contribution in [0.25, 0.3) is 34.2 Å². The Morgan fingerprint density at radius 2 is 0.922 bits per heavy atom. The van der Waals surface area contributed by atoms with Crippen LogP contribution in [0.4, 0.5) is 0 Å². The maximum atomic E-state index is 12.3. The summed E-state index contributed by atoms with van der Waals surface area (Å²) in [5.74, 6) is 9.96. The fourth-order valence-electron chi connectivity index (χ4n) is 15.1. The van der Waals surface area contributed by atoms with Crippen molar-refractivity contribution in [3.63, 3.8) is 0 Å². The average Bonchev–Trinajstić information content (AvgIpc) is 1.32. The van der Waals surface area contributed by atoms with Crippen molar-refractivity contribution >= 4 is 158 Å². The summed E-state index contributed by atoms with van der Waals surface area (Å²) in [6.45, 7) is 7.73. The first-order chi connectivity index (χ1) is 48.3. The smallest absolute Gasteiger partial charge is 0.428 e. The summed E-state index contributed by atoms with van der Waals surface area (Å²) in [5, 5.41) is 66.0. The van der Waals surface area contributed by atoms with E-state index in [1.165, 1.54) is 0 Å². The molecule has 4 saturated carbocycles. The molecule has 0 amide bonds. The van der Waals surface area contributed by atoms with E-state index in [4.69, 9.17) is 4.76 Å². The van der Waals surface area contributed by atoms with Crippen LogP contribution in [0.15, 0.2) is 81.9 Å². The van der Waals surface area contributed by atoms with E-state index in [-0.39, 0.29) is 66.8 Å². The third-order valence-electron chi connectivity index (χ3n) is 20.1. The minimum Gasteiger partial charge on any atom is -0.428 e. The Hall–Kier alpha value is -7.08. The zero-order chi connectivity index (χ0) is 71.3. The predicted molar refractivity (Wildman–Crippen MR) is 412 cm³/mol. The van der Waals surface area contributed by atoms with E-state index in [0.29, 0.717) is 29.8 Å². The highest BCUT2D eigenvalue weighted by Gasteiger charge is 2.46. The Balaban J connectivity index is 0.000000128. The van der Waals surface area contributed by atoms with Gasteiger partial charge in [0.05, 0.1) is 45.7 Å². The molecule has 28 nitrogen and oxygen atoms in total. The van der Waals surface area contributed by atoms with Crippen molar-refractivity contribution in [3.8, 4) is 0 Å². The van der Waals surface area contributed by atoms with Crippen molar-refractivity contribution in [2.24, 2.45) is 44.1 Å². The van der Waals surface area contributed by atoms with Gasteiger partial charge in [-0.25, -0.2) is 45.7 Å². The molecule has 36 heteroatoms. The highest BCUT2D eigenvalue weighted by Crippen LogP contribution is 2.39. The number of sulfonamides is 2. The van der Waals surface area contributed by atoms with Gasteiger partial charge in [-0.2, -0.15) is 15.3 Å². The normalized spacial score (nSPS) is 24.3. The molecule has 12 N–H and O–H groups in total. The first kappa shape index (κ1) is 74.6. The molecule has 10 heterocycles. The number of nitrogens with zero attached hydrogens (tertiary/aromatic N) is 9. The fraction of sp³-hybridized carbons (Fsp3) is 0.485. The first-order valence-corrected chi connectivity index (χ1v) is 41.9. The van der Waals surface area contributed by atoms with Gasteiger partial charge in [0.25, 0.3) is 0 Å². The summed E-state index contributed by atoms with van der Waals surface area (Å²) in [7, 11) is -12.7. The van der Waals surface area contributed by atoms with E-state index in [1.54, 1.807) is 36.8 Å². The molecular weight excluding hydrogens is 1380 g/mol. The van der Waals surface area contributed by atoms with Crippen LogP contribution in [-0.2, 0) is 57.1 Å².